The van der Waals surface area contributed by atoms with E-state index in [-0.39, 0.29) is 0 Å². The van der Waals surface area contributed by atoms with Crippen LogP contribution in [0, 0.1) is 0 Å². The highest BCUT2D eigenvalue weighted by Gasteiger charge is 2.18. The zero-order valence-electron chi connectivity index (χ0n) is 11.2. The van der Waals surface area contributed by atoms with E-state index < -0.39 is 0 Å². The van der Waals surface area contributed by atoms with E-state index in [1.165, 1.54) is 56.3 Å². The van der Waals surface area contributed by atoms with Gasteiger partial charge in [0.05, 0.1) is 0 Å². The average molecular weight is 254 g/mol. The zero-order valence-corrected chi connectivity index (χ0v) is 11.2. The summed E-state index contributed by atoms with van der Waals surface area (Å²) in [5.74, 6) is 0. The Morgan fingerprint density at radius 2 is 1.40 bits per heavy atom. The molecule has 0 amide bonds. The predicted molar refractivity (Wildman–Crippen MR) is 86.1 cm³/mol. The fraction of sp³-hybridized carbons (Fsp3) is 0.100. The molecule has 2 aromatic carbocycles. The van der Waals surface area contributed by atoms with Gasteiger partial charge in [-0.15, -0.1) is 0 Å². The molecule has 0 saturated carbocycles. The minimum absolute atomic E-state index is 1.17. The van der Waals surface area contributed by atoms with Crippen LogP contribution < -0.4 is 5.22 Å². The van der Waals surface area contributed by atoms with Crippen LogP contribution in [-0.2, 0) is 6.42 Å². The van der Waals surface area contributed by atoms with Gasteiger partial charge in [0.25, 0.3) is 0 Å². The number of hydrogen-bond acceptors (Lipinski definition) is 0. The molecule has 0 spiro atoms. The molecule has 94 valence electrons. The Morgan fingerprint density at radius 3 is 2.20 bits per heavy atom. The maximum Gasteiger partial charge on any atom is -0.00177 e. The Balaban J connectivity index is 2.19. The first-order chi connectivity index (χ1) is 9.93. The summed E-state index contributed by atoms with van der Waals surface area (Å²) in [6, 6.07) is 20.1. The van der Waals surface area contributed by atoms with Gasteiger partial charge < -0.3 is 0 Å². The number of hydrogen-bond donors (Lipinski definition) is 0. The Labute approximate surface area is 117 Å². The van der Waals surface area contributed by atoms with Crippen molar-refractivity contribution in [3.63, 3.8) is 0 Å². The molecular weight excluding hydrogens is 240 g/mol. The molecule has 20 heavy (non-hydrogen) atoms. The van der Waals surface area contributed by atoms with Crippen LogP contribution >= 0.6 is 0 Å². The molecule has 2 aromatic rings. The topological polar surface area (TPSA) is 0 Å². The lowest BCUT2D eigenvalue weighted by Crippen LogP contribution is -2.08. The number of fused-ring (bicyclic) bond motifs is 3. The summed E-state index contributed by atoms with van der Waals surface area (Å²) in [6.45, 7) is 0. The second-order valence-corrected chi connectivity index (χ2v) is 5.71. The van der Waals surface area contributed by atoms with Crippen molar-refractivity contribution in [1.82, 2.24) is 0 Å². The molecule has 0 radical (unpaired) electrons. The molecule has 3 aliphatic rings. The zero-order chi connectivity index (χ0) is 13.1. The fourth-order valence-electron chi connectivity index (χ4n) is 3.82. The van der Waals surface area contributed by atoms with Gasteiger partial charge >= 0.3 is 0 Å². The molecule has 0 aliphatic heterocycles. The normalized spacial score (nSPS) is 14.0. The first-order valence-electron chi connectivity index (χ1n) is 7.28. The van der Waals surface area contributed by atoms with Crippen molar-refractivity contribution in [3.05, 3.63) is 65.4 Å². The molecule has 0 fully saturated rings. The van der Waals surface area contributed by atoms with E-state index in [0.29, 0.717) is 0 Å². The van der Waals surface area contributed by atoms with Gasteiger partial charge in [-0.25, -0.2) is 0 Å². The van der Waals surface area contributed by atoms with E-state index in [4.69, 9.17) is 0 Å². The molecule has 0 atom stereocenters. The minimum atomic E-state index is 1.17. The molecule has 0 bridgehead atoms. The summed E-state index contributed by atoms with van der Waals surface area (Å²) < 4.78 is 0. The highest BCUT2D eigenvalue weighted by atomic mass is 14.2. The summed E-state index contributed by atoms with van der Waals surface area (Å²) in [6.07, 6.45) is 4.74. The smallest absolute Gasteiger partial charge is 0.00177 e. The van der Waals surface area contributed by atoms with E-state index in [1.807, 2.05) is 0 Å². The molecule has 0 saturated heterocycles. The molecule has 0 aromatic heterocycles. The fourth-order valence-corrected chi connectivity index (χ4v) is 3.82. The van der Waals surface area contributed by atoms with E-state index in [9.17, 15) is 0 Å². The van der Waals surface area contributed by atoms with Crippen LogP contribution in [0.15, 0.2) is 54.6 Å². The summed E-state index contributed by atoms with van der Waals surface area (Å²) in [4.78, 5) is 0. The van der Waals surface area contributed by atoms with Crippen LogP contribution in [0.3, 0.4) is 0 Å². The van der Waals surface area contributed by atoms with Crippen molar-refractivity contribution in [1.29, 1.82) is 0 Å². The van der Waals surface area contributed by atoms with Gasteiger partial charge in [-0.05, 0) is 56.3 Å². The van der Waals surface area contributed by atoms with Crippen molar-refractivity contribution >= 4 is 27.6 Å². The summed E-state index contributed by atoms with van der Waals surface area (Å²) in [5.41, 5.74) is 4.26. The number of aryl methyl sites for hydroxylation is 1. The van der Waals surface area contributed by atoms with Crippen LogP contribution in [0.5, 0.6) is 0 Å². The molecule has 0 heteroatoms. The van der Waals surface area contributed by atoms with Crippen molar-refractivity contribution in [2.75, 3.05) is 0 Å². The average Bonchev–Trinajstić information content (AvgIpc) is 2.64. The molecule has 5 rings (SSSR count). The van der Waals surface area contributed by atoms with Crippen LogP contribution in [0.25, 0.3) is 38.7 Å². The number of benzene rings is 2. The minimum Gasteiger partial charge on any atom is -0.0763 e. The van der Waals surface area contributed by atoms with E-state index in [0.717, 1.165) is 0 Å². The van der Waals surface area contributed by atoms with Crippen LogP contribution in [-0.4, -0.2) is 0 Å². The Morgan fingerprint density at radius 1 is 0.650 bits per heavy atom. The van der Waals surface area contributed by atoms with Gasteiger partial charge in [0.15, 0.2) is 0 Å². The monoisotopic (exact) mass is 254 g/mol. The van der Waals surface area contributed by atoms with Gasteiger partial charge in [-0.2, -0.15) is 0 Å². The molecule has 0 N–H and O–H groups in total. The number of rotatable bonds is 0. The third-order valence-electron chi connectivity index (χ3n) is 4.68. The van der Waals surface area contributed by atoms with Crippen molar-refractivity contribution < 1.29 is 0 Å². The van der Waals surface area contributed by atoms with Crippen molar-refractivity contribution in [3.8, 4) is 11.1 Å². The maximum absolute atomic E-state index is 2.39. The van der Waals surface area contributed by atoms with Gasteiger partial charge in [0.2, 0.25) is 0 Å². The highest BCUT2D eigenvalue weighted by Crippen LogP contribution is 2.42. The standard InChI is InChI=1S/C20H14/c1-2-7-15-16(8-3-1)18-12-10-14-6-4-5-13-9-11-17(15)20(18)19(13)14/h1-3,5,7-12H,4,6H2. The van der Waals surface area contributed by atoms with Gasteiger partial charge in [-0.1, -0.05) is 60.7 Å². The molecule has 0 unspecified atom stereocenters. The molecular formula is C20H14. The maximum atomic E-state index is 2.39. The van der Waals surface area contributed by atoms with Gasteiger partial charge in [0, 0.05) is 0 Å². The lowest BCUT2D eigenvalue weighted by atomic mass is 9.93. The molecule has 0 nitrogen and oxygen atoms in total. The quantitative estimate of drug-likeness (QED) is 0.432. The second kappa shape index (κ2) is 3.61. The van der Waals surface area contributed by atoms with E-state index in [1.54, 1.807) is 0 Å². The summed E-state index contributed by atoms with van der Waals surface area (Å²) in [7, 11) is 0. The van der Waals surface area contributed by atoms with Crippen molar-refractivity contribution in [2.24, 2.45) is 0 Å². The lowest BCUT2D eigenvalue weighted by molar-refractivity contribution is 1.04. The van der Waals surface area contributed by atoms with E-state index in [2.05, 4.69) is 60.7 Å². The Kier molecular flexibility index (Phi) is 1.88. The van der Waals surface area contributed by atoms with Crippen LogP contribution in [0.2, 0.25) is 0 Å². The predicted octanol–water partition coefficient (Wildman–Crippen LogP) is 4.54. The van der Waals surface area contributed by atoms with Crippen LogP contribution in [0.4, 0.5) is 0 Å². The second-order valence-electron chi connectivity index (χ2n) is 5.71. The summed E-state index contributed by atoms with van der Waals surface area (Å²) in [5, 5.41) is 7.19. The first-order valence-corrected chi connectivity index (χ1v) is 7.28. The van der Waals surface area contributed by atoms with Gasteiger partial charge in [-0.3, -0.25) is 0 Å². The van der Waals surface area contributed by atoms with Crippen molar-refractivity contribution in [2.45, 2.75) is 12.8 Å². The Hall–Kier alpha value is -2.34. The Bertz CT molecular complexity index is 959. The van der Waals surface area contributed by atoms with Gasteiger partial charge in [0.1, 0.15) is 0 Å². The summed E-state index contributed by atoms with van der Waals surface area (Å²) >= 11 is 0. The third kappa shape index (κ3) is 1.17. The molecule has 0 heterocycles. The first kappa shape index (κ1) is 10.4. The SMILES string of the molecule is C1=c2ccc3c4cccccc-4c4ccc(c2c43)CC1. The third-order valence-corrected chi connectivity index (χ3v) is 4.68. The molecule has 3 aliphatic carbocycles. The highest BCUT2D eigenvalue weighted by molar-refractivity contribution is 6.24. The largest absolute Gasteiger partial charge is 0.0763 e. The van der Waals surface area contributed by atoms with Crippen LogP contribution in [0.1, 0.15) is 12.0 Å². The lowest BCUT2D eigenvalue weighted by Gasteiger charge is -2.11. The van der Waals surface area contributed by atoms with E-state index >= 15 is 0 Å².